The van der Waals surface area contributed by atoms with Crippen LogP contribution in [0, 0.1) is 0 Å². The standard InChI is InChI=1S/C18H34O3/c1-3-5-6-7-8-9-10-11-12-16-17(21-16)13-14-18(19)20-15-4-2/h16-17H,3-15H2,1-2H3. The SMILES string of the molecule is CCCCCCCCCCC1OC1CCC(=O)OCCC. The lowest BCUT2D eigenvalue weighted by Gasteiger charge is -2.01. The van der Waals surface area contributed by atoms with Gasteiger partial charge >= 0.3 is 5.97 Å². The molecule has 2 unspecified atom stereocenters. The van der Waals surface area contributed by atoms with Crippen LogP contribution in [0.25, 0.3) is 0 Å². The summed E-state index contributed by atoms with van der Waals surface area (Å²) < 4.78 is 10.7. The van der Waals surface area contributed by atoms with Crippen LogP contribution in [0.3, 0.4) is 0 Å². The molecule has 1 rings (SSSR count). The van der Waals surface area contributed by atoms with Crippen molar-refractivity contribution in [3.05, 3.63) is 0 Å². The minimum absolute atomic E-state index is 0.0711. The predicted octanol–water partition coefficient (Wildman–Crippen LogP) is 5.02. The van der Waals surface area contributed by atoms with Gasteiger partial charge in [-0.15, -0.1) is 0 Å². The second-order valence-corrected chi connectivity index (χ2v) is 6.24. The van der Waals surface area contributed by atoms with Gasteiger partial charge in [-0.3, -0.25) is 4.79 Å². The largest absolute Gasteiger partial charge is 0.466 e. The number of epoxide rings is 1. The quantitative estimate of drug-likeness (QED) is 0.257. The van der Waals surface area contributed by atoms with Crippen LogP contribution in [-0.2, 0) is 14.3 Å². The Kier molecular flexibility index (Phi) is 10.6. The minimum Gasteiger partial charge on any atom is -0.466 e. The molecule has 3 nitrogen and oxygen atoms in total. The van der Waals surface area contributed by atoms with E-state index in [2.05, 4.69) is 6.92 Å². The van der Waals surface area contributed by atoms with Gasteiger partial charge in [-0.2, -0.15) is 0 Å². The Morgan fingerprint density at radius 3 is 2.14 bits per heavy atom. The van der Waals surface area contributed by atoms with Crippen molar-refractivity contribution >= 4 is 5.97 Å². The van der Waals surface area contributed by atoms with Gasteiger partial charge in [0.15, 0.2) is 0 Å². The molecular formula is C18H34O3. The first-order valence-electron chi connectivity index (χ1n) is 9.09. The Morgan fingerprint density at radius 1 is 0.857 bits per heavy atom. The molecule has 0 amide bonds. The van der Waals surface area contributed by atoms with E-state index in [1.807, 2.05) is 6.92 Å². The Bertz CT molecular complexity index is 265. The zero-order valence-corrected chi connectivity index (χ0v) is 14.1. The molecule has 2 atom stereocenters. The van der Waals surface area contributed by atoms with Crippen molar-refractivity contribution in [2.24, 2.45) is 0 Å². The van der Waals surface area contributed by atoms with Crippen molar-refractivity contribution in [2.75, 3.05) is 6.61 Å². The molecule has 124 valence electrons. The maximum absolute atomic E-state index is 11.4. The summed E-state index contributed by atoms with van der Waals surface area (Å²) in [6.45, 7) is 4.82. The van der Waals surface area contributed by atoms with E-state index in [1.165, 1.54) is 57.8 Å². The Balaban J connectivity index is 1.83. The van der Waals surface area contributed by atoms with Crippen LogP contribution in [-0.4, -0.2) is 24.8 Å². The van der Waals surface area contributed by atoms with Gasteiger partial charge in [-0.05, 0) is 19.3 Å². The second-order valence-electron chi connectivity index (χ2n) is 6.24. The fourth-order valence-corrected chi connectivity index (χ4v) is 2.71. The summed E-state index contributed by atoms with van der Waals surface area (Å²) in [7, 11) is 0. The zero-order valence-electron chi connectivity index (χ0n) is 14.1. The van der Waals surface area contributed by atoms with E-state index in [-0.39, 0.29) is 5.97 Å². The van der Waals surface area contributed by atoms with Gasteiger partial charge in [0.1, 0.15) is 0 Å². The Hall–Kier alpha value is -0.570. The molecule has 0 spiro atoms. The third kappa shape index (κ3) is 9.89. The number of esters is 1. The highest BCUT2D eigenvalue weighted by Crippen LogP contribution is 2.31. The molecular weight excluding hydrogens is 264 g/mol. The van der Waals surface area contributed by atoms with Crippen molar-refractivity contribution < 1.29 is 14.3 Å². The van der Waals surface area contributed by atoms with Crippen molar-refractivity contribution in [1.82, 2.24) is 0 Å². The van der Waals surface area contributed by atoms with E-state index in [9.17, 15) is 4.79 Å². The number of hydrogen-bond acceptors (Lipinski definition) is 3. The van der Waals surface area contributed by atoms with Crippen LogP contribution in [0.1, 0.15) is 90.9 Å². The van der Waals surface area contributed by atoms with Crippen LogP contribution in [0.15, 0.2) is 0 Å². The summed E-state index contributed by atoms with van der Waals surface area (Å²) in [5.74, 6) is -0.0711. The number of carbonyl (C=O) groups excluding carboxylic acids is 1. The molecule has 1 aliphatic heterocycles. The van der Waals surface area contributed by atoms with Gasteiger partial charge in [0, 0.05) is 6.42 Å². The van der Waals surface area contributed by atoms with E-state index < -0.39 is 0 Å². The molecule has 1 saturated heterocycles. The van der Waals surface area contributed by atoms with Crippen LogP contribution >= 0.6 is 0 Å². The lowest BCUT2D eigenvalue weighted by molar-refractivity contribution is -0.143. The number of rotatable bonds is 14. The summed E-state index contributed by atoms with van der Waals surface area (Å²) in [4.78, 5) is 11.4. The number of carbonyl (C=O) groups is 1. The monoisotopic (exact) mass is 298 g/mol. The van der Waals surface area contributed by atoms with Gasteiger partial charge in [-0.25, -0.2) is 0 Å². The maximum Gasteiger partial charge on any atom is 0.305 e. The normalized spacial score (nSPS) is 20.5. The fraction of sp³-hybridized carbons (Fsp3) is 0.944. The zero-order chi connectivity index (χ0) is 15.3. The third-order valence-corrected chi connectivity index (χ3v) is 4.13. The van der Waals surface area contributed by atoms with Crippen LogP contribution in [0.4, 0.5) is 0 Å². The smallest absolute Gasteiger partial charge is 0.305 e. The first-order valence-corrected chi connectivity index (χ1v) is 9.09. The molecule has 3 heteroatoms. The Morgan fingerprint density at radius 2 is 1.48 bits per heavy atom. The average molecular weight is 298 g/mol. The van der Waals surface area contributed by atoms with Crippen LogP contribution in [0.2, 0.25) is 0 Å². The van der Waals surface area contributed by atoms with E-state index in [1.54, 1.807) is 0 Å². The van der Waals surface area contributed by atoms with Crippen molar-refractivity contribution in [3.8, 4) is 0 Å². The molecule has 21 heavy (non-hydrogen) atoms. The summed E-state index contributed by atoms with van der Waals surface area (Å²) in [5.41, 5.74) is 0. The summed E-state index contributed by atoms with van der Waals surface area (Å²) >= 11 is 0. The molecule has 1 fully saturated rings. The molecule has 1 heterocycles. The predicted molar refractivity (Wildman–Crippen MR) is 86.4 cm³/mol. The summed E-state index contributed by atoms with van der Waals surface area (Å²) in [5, 5.41) is 0. The second kappa shape index (κ2) is 12.0. The molecule has 0 saturated carbocycles. The topological polar surface area (TPSA) is 38.8 Å². The highest BCUT2D eigenvalue weighted by molar-refractivity contribution is 5.69. The lowest BCUT2D eigenvalue weighted by Crippen LogP contribution is -2.07. The maximum atomic E-state index is 11.4. The number of unbranched alkanes of at least 4 members (excludes halogenated alkanes) is 7. The van der Waals surface area contributed by atoms with E-state index in [0.29, 0.717) is 25.2 Å². The molecule has 0 aromatic carbocycles. The first kappa shape index (κ1) is 18.5. The molecule has 0 radical (unpaired) electrons. The third-order valence-electron chi connectivity index (χ3n) is 4.13. The first-order chi connectivity index (χ1) is 10.3. The molecule has 1 aliphatic rings. The van der Waals surface area contributed by atoms with Crippen molar-refractivity contribution in [2.45, 2.75) is 103 Å². The molecule has 0 aromatic heterocycles. The molecule has 0 N–H and O–H groups in total. The van der Waals surface area contributed by atoms with E-state index in [0.717, 1.165) is 12.8 Å². The highest BCUT2D eigenvalue weighted by Gasteiger charge is 2.37. The number of hydrogen-bond donors (Lipinski definition) is 0. The summed E-state index contributed by atoms with van der Waals surface area (Å²) in [6, 6.07) is 0. The summed E-state index contributed by atoms with van der Waals surface area (Å²) in [6.07, 6.45) is 15.0. The van der Waals surface area contributed by atoms with E-state index in [4.69, 9.17) is 9.47 Å². The van der Waals surface area contributed by atoms with Crippen molar-refractivity contribution in [1.29, 1.82) is 0 Å². The fourth-order valence-electron chi connectivity index (χ4n) is 2.71. The van der Waals surface area contributed by atoms with Crippen LogP contribution < -0.4 is 0 Å². The minimum atomic E-state index is -0.0711. The molecule has 0 aliphatic carbocycles. The van der Waals surface area contributed by atoms with Crippen molar-refractivity contribution in [3.63, 3.8) is 0 Å². The van der Waals surface area contributed by atoms with E-state index >= 15 is 0 Å². The highest BCUT2D eigenvalue weighted by atomic mass is 16.6. The van der Waals surface area contributed by atoms with Gasteiger partial charge in [-0.1, -0.05) is 65.2 Å². The van der Waals surface area contributed by atoms with Crippen LogP contribution in [0.5, 0.6) is 0 Å². The van der Waals surface area contributed by atoms with Gasteiger partial charge in [0.05, 0.1) is 18.8 Å². The lowest BCUT2D eigenvalue weighted by atomic mass is 10.0. The molecule has 0 aromatic rings. The number of ether oxygens (including phenoxy) is 2. The van der Waals surface area contributed by atoms with Gasteiger partial charge in [0.2, 0.25) is 0 Å². The van der Waals surface area contributed by atoms with Gasteiger partial charge in [0.25, 0.3) is 0 Å². The van der Waals surface area contributed by atoms with Gasteiger partial charge < -0.3 is 9.47 Å². The molecule has 0 bridgehead atoms. The average Bonchev–Trinajstić information content (AvgIpc) is 3.24. The Labute approximate surface area is 130 Å².